The maximum absolute atomic E-state index is 12.2. The van der Waals surface area contributed by atoms with Gasteiger partial charge < -0.3 is 4.74 Å². The molecular weight excluding hydrogens is 216 g/mol. The standard InChI is InChI=1S/C8H4F4N2O/c9-3-6-5(4-13)1-2-7(14-6)15-8(10,11)12/h1-2H,3H2. The summed E-state index contributed by atoms with van der Waals surface area (Å²) in [5.41, 5.74) is -0.494. The van der Waals surface area contributed by atoms with Crippen molar-refractivity contribution in [3.05, 3.63) is 23.4 Å². The zero-order valence-electron chi connectivity index (χ0n) is 7.18. The monoisotopic (exact) mass is 220 g/mol. The number of aromatic nitrogens is 1. The summed E-state index contributed by atoms with van der Waals surface area (Å²) in [4.78, 5) is 3.21. The number of rotatable bonds is 2. The lowest BCUT2D eigenvalue weighted by molar-refractivity contribution is -0.276. The molecule has 0 aliphatic rings. The van der Waals surface area contributed by atoms with Gasteiger partial charge in [-0.1, -0.05) is 0 Å². The highest BCUT2D eigenvalue weighted by Crippen LogP contribution is 2.22. The molecule has 7 heteroatoms. The van der Waals surface area contributed by atoms with Crippen LogP contribution in [0.5, 0.6) is 5.88 Å². The van der Waals surface area contributed by atoms with Crippen LogP contribution >= 0.6 is 0 Å². The van der Waals surface area contributed by atoms with E-state index in [4.69, 9.17) is 5.26 Å². The first kappa shape index (κ1) is 11.2. The maximum Gasteiger partial charge on any atom is 0.574 e. The van der Waals surface area contributed by atoms with Gasteiger partial charge in [-0.3, -0.25) is 0 Å². The third kappa shape index (κ3) is 3.09. The molecular formula is C8H4F4N2O. The molecule has 0 bridgehead atoms. The Balaban J connectivity index is 3.00. The maximum atomic E-state index is 12.2. The van der Waals surface area contributed by atoms with Crippen molar-refractivity contribution in [3.8, 4) is 11.9 Å². The molecule has 0 atom stereocenters. The molecule has 0 radical (unpaired) electrons. The van der Waals surface area contributed by atoms with Gasteiger partial charge in [0.05, 0.1) is 11.3 Å². The van der Waals surface area contributed by atoms with Crippen molar-refractivity contribution in [2.75, 3.05) is 0 Å². The molecule has 1 aromatic heterocycles. The molecule has 0 aromatic carbocycles. The fourth-order valence-corrected chi connectivity index (χ4v) is 0.860. The molecule has 0 aliphatic carbocycles. The summed E-state index contributed by atoms with van der Waals surface area (Å²) >= 11 is 0. The van der Waals surface area contributed by atoms with Crippen LogP contribution in [0.3, 0.4) is 0 Å². The van der Waals surface area contributed by atoms with E-state index in [0.29, 0.717) is 0 Å². The molecule has 0 fully saturated rings. The second-order valence-corrected chi connectivity index (χ2v) is 2.44. The molecule has 0 aliphatic heterocycles. The molecule has 15 heavy (non-hydrogen) atoms. The number of hydrogen-bond acceptors (Lipinski definition) is 3. The van der Waals surface area contributed by atoms with Crippen molar-refractivity contribution in [1.82, 2.24) is 4.98 Å². The molecule has 0 unspecified atom stereocenters. The fraction of sp³-hybridized carbons (Fsp3) is 0.250. The van der Waals surface area contributed by atoms with Gasteiger partial charge in [0.2, 0.25) is 5.88 Å². The third-order valence-electron chi connectivity index (χ3n) is 1.42. The molecule has 1 heterocycles. The summed E-state index contributed by atoms with van der Waals surface area (Å²) in [5, 5.41) is 8.45. The Kier molecular flexibility index (Phi) is 3.09. The van der Waals surface area contributed by atoms with E-state index in [9.17, 15) is 17.6 Å². The summed E-state index contributed by atoms with van der Waals surface area (Å²) in [6.07, 6.45) is -4.88. The van der Waals surface area contributed by atoms with E-state index in [-0.39, 0.29) is 11.3 Å². The fourth-order valence-electron chi connectivity index (χ4n) is 0.860. The lowest BCUT2D eigenvalue weighted by Crippen LogP contribution is -2.18. The lowest BCUT2D eigenvalue weighted by atomic mass is 10.2. The van der Waals surface area contributed by atoms with Crippen LogP contribution in [0.2, 0.25) is 0 Å². The Morgan fingerprint density at radius 1 is 1.40 bits per heavy atom. The van der Waals surface area contributed by atoms with Crippen LogP contribution in [0.4, 0.5) is 17.6 Å². The highest BCUT2D eigenvalue weighted by molar-refractivity contribution is 5.35. The van der Waals surface area contributed by atoms with E-state index in [1.54, 1.807) is 6.07 Å². The Morgan fingerprint density at radius 2 is 2.07 bits per heavy atom. The first-order chi connectivity index (χ1) is 6.96. The van der Waals surface area contributed by atoms with Crippen molar-refractivity contribution in [1.29, 1.82) is 5.26 Å². The van der Waals surface area contributed by atoms with Gasteiger partial charge in [0.15, 0.2) is 0 Å². The zero-order chi connectivity index (χ0) is 11.5. The largest absolute Gasteiger partial charge is 0.574 e. The number of nitriles is 1. The molecule has 0 saturated carbocycles. The molecule has 1 aromatic rings. The minimum atomic E-state index is -4.88. The van der Waals surface area contributed by atoms with Gasteiger partial charge in [0.1, 0.15) is 12.7 Å². The average Bonchev–Trinajstić information content (AvgIpc) is 2.15. The van der Waals surface area contributed by atoms with E-state index < -0.39 is 18.9 Å². The van der Waals surface area contributed by atoms with Crippen molar-refractivity contribution in [2.24, 2.45) is 0 Å². The van der Waals surface area contributed by atoms with E-state index in [2.05, 4.69) is 9.72 Å². The van der Waals surface area contributed by atoms with E-state index in [1.165, 1.54) is 0 Å². The topological polar surface area (TPSA) is 45.9 Å². The first-order valence-corrected chi connectivity index (χ1v) is 3.68. The summed E-state index contributed by atoms with van der Waals surface area (Å²) in [7, 11) is 0. The second kappa shape index (κ2) is 4.13. The first-order valence-electron chi connectivity index (χ1n) is 3.68. The Hall–Kier alpha value is -1.84. The number of alkyl halides is 4. The molecule has 1 rings (SSSR count). The molecule has 0 N–H and O–H groups in total. The number of hydrogen-bond donors (Lipinski definition) is 0. The molecule has 3 nitrogen and oxygen atoms in total. The van der Waals surface area contributed by atoms with Crippen LogP contribution in [-0.4, -0.2) is 11.3 Å². The lowest BCUT2D eigenvalue weighted by Gasteiger charge is -2.08. The van der Waals surface area contributed by atoms with Crippen LogP contribution in [0, 0.1) is 11.3 Å². The van der Waals surface area contributed by atoms with Crippen LogP contribution in [0.25, 0.3) is 0 Å². The number of ether oxygens (including phenoxy) is 1. The molecule has 80 valence electrons. The van der Waals surface area contributed by atoms with Gasteiger partial charge in [-0.05, 0) is 6.07 Å². The predicted molar refractivity (Wildman–Crippen MR) is 40.4 cm³/mol. The predicted octanol–water partition coefficient (Wildman–Crippen LogP) is 2.32. The summed E-state index contributed by atoms with van der Waals surface area (Å²) in [5.74, 6) is -0.783. The van der Waals surface area contributed by atoms with Crippen molar-refractivity contribution >= 4 is 0 Å². The van der Waals surface area contributed by atoms with Gasteiger partial charge in [0.25, 0.3) is 0 Å². The van der Waals surface area contributed by atoms with Crippen LogP contribution in [-0.2, 0) is 6.67 Å². The van der Waals surface area contributed by atoms with Gasteiger partial charge in [0, 0.05) is 6.07 Å². The minimum absolute atomic E-state index is 0.118. The highest BCUT2D eigenvalue weighted by Gasteiger charge is 2.32. The van der Waals surface area contributed by atoms with Gasteiger partial charge in [-0.2, -0.15) is 5.26 Å². The van der Waals surface area contributed by atoms with Gasteiger partial charge >= 0.3 is 6.36 Å². The van der Waals surface area contributed by atoms with Crippen LogP contribution < -0.4 is 4.74 Å². The molecule has 0 spiro atoms. The van der Waals surface area contributed by atoms with E-state index in [1.807, 2.05) is 0 Å². The third-order valence-corrected chi connectivity index (χ3v) is 1.42. The second-order valence-electron chi connectivity index (χ2n) is 2.44. The Labute approximate surface area is 81.9 Å². The number of nitrogens with zero attached hydrogens (tertiary/aromatic N) is 2. The smallest absolute Gasteiger partial charge is 0.388 e. The normalized spacial score (nSPS) is 10.9. The Morgan fingerprint density at radius 3 is 2.53 bits per heavy atom. The van der Waals surface area contributed by atoms with Crippen molar-refractivity contribution in [2.45, 2.75) is 13.0 Å². The molecule has 0 saturated heterocycles. The van der Waals surface area contributed by atoms with Gasteiger partial charge in [-0.15, -0.1) is 13.2 Å². The molecule has 0 amide bonds. The summed E-state index contributed by atoms with van der Waals surface area (Å²) < 4.78 is 50.9. The Bertz CT molecular complexity index is 397. The minimum Gasteiger partial charge on any atom is -0.388 e. The van der Waals surface area contributed by atoms with Crippen molar-refractivity contribution in [3.63, 3.8) is 0 Å². The van der Waals surface area contributed by atoms with E-state index in [0.717, 1.165) is 12.1 Å². The van der Waals surface area contributed by atoms with Gasteiger partial charge in [-0.25, -0.2) is 9.37 Å². The average molecular weight is 220 g/mol. The van der Waals surface area contributed by atoms with Crippen LogP contribution in [0.1, 0.15) is 11.3 Å². The summed E-state index contributed by atoms with van der Waals surface area (Å²) in [6.45, 7) is -1.13. The quantitative estimate of drug-likeness (QED) is 0.718. The SMILES string of the molecule is N#Cc1ccc(OC(F)(F)F)nc1CF. The van der Waals surface area contributed by atoms with Crippen LogP contribution in [0.15, 0.2) is 12.1 Å². The highest BCUT2D eigenvalue weighted by atomic mass is 19.4. The van der Waals surface area contributed by atoms with Crippen molar-refractivity contribution < 1.29 is 22.3 Å². The summed E-state index contributed by atoms with van der Waals surface area (Å²) in [6, 6.07) is 3.47. The zero-order valence-corrected chi connectivity index (χ0v) is 7.18. The number of halogens is 4. The van der Waals surface area contributed by atoms with E-state index >= 15 is 0 Å². The number of pyridine rings is 1.